The van der Waals surface area contributed by atoms with Gasteiger partial charge in [0.1, 0.15) is 0 Å². The second-order valence-electron chi connectivity index (χ2n) is 4.91. The molecule has 0 atom stereocenters. The van der Waals surface area contributed by atoms with Crippen LogP contribution in [0.25, 0.3) is 0 Å². The summed E-state index contributed by atoms with van der Waals surface area (Å²) in [6.45, 7) is 0. The SMILES string of the molecule is O=C(O)CC1(c2cccc3c2CC(=O)N3)CC1. The molecule has 4 nitrogen and oxygen atoms in total. The summed E-state index contributed by atoms with van der Waals surface area (Å²) in [6, 6.07) is 5.73. The topological polar surface area (TPSA) is 66.4 Å². The Hall–Kier alpha value is -1.84. The molecule has 0 spiro atoms. The van der Waals surface area contributed by atoms with Crippen molar-refractivity contribution in [3.8, 4) is 0 Å². The molecule has 0 aromatic heterocycles. The van der Waals surface area contributed by atoms with Crippen LogP contribution in [-0.2, 0) is 21.4 Å². The lowest BCUT2D eigenvalue weighted by Crippen LogP contribution is -2.14. The number of amides is 1. The number of rotatable bonds is 3. The van der Waals surface area contributed by atoms with Gasteiger partial charge >= 0.3 is 5.97 Å². The highest BCUT2D eigenvalue weighted by Crippen LogP contribution is 2.53. The van der Waals surface area contributed by atoms with E-state index in [0.717, 1.165) is 29.7 Å². The molecule has 4 heteroatoms. The Morgan fingerprint density at radius 3 is 2.82 bits per heavy atom. The predicted octanol–water partition coefficient (Wildman–Crippen LogP) is 1.69. The fourth-order valence-corrected chi connectivity index (χ4v) is 2.73. The maximum Gasteiger partial charge on any atom is 0.304 e. The van der Waals surface area contributed by atoms with Crippen molar-refractivity contribution in [2.75, 3.05) is 5.32 Å². The van der Waals surface area contributed by atoms with Crippen LogP contribution in [0.2, 0.25) is 0 Å². The van der Waals surface area contributed by atoms with Crippen LogP contribution in [0.4, 0.5) is 5.69 Å². The molecule has 88 valence electrons. The molecule has 17 heavy (non-hydrogen) atoms. The second-order valence-corrected chi connectivity index (χ2v) is 4.91. The summed E-state index contributed by atoms with van der Waals surface area (Å²) in [6.07, 6.45) is 2.36. The summed E-state index contributed by atoms with van der Waals surface area (Å²) >= 11 is 0. The maximum atomic E-state index is 11.4. The van der Waals surface area contributed by atoms with E-state index in [2.05, 4.69) is 5.32 Å². The number of fused-ring (bicyclic) bond motifs is 1. The average molecular weight is 231 g/mol. The van der Waals surface area contributed by atoms with Crippen LogP contribution in [0.15, 0.2) is 18.2 Å². The molecule has 1 aliphatic carbocycles. The van der Waals surface area contributed by atoms with E-state index in [4.69, 9.17) is 5.11 Å². The van der Waals surface area contributed by atoms with E-state index in [-0.39, 0.29) is 17.7 Å². The van der Waals surface area contributed by atoms with E-state index in [9.17, 15) is 9.59 Å². The van der Waals surface area contributed by atoms with Crippen molar-refractivity contribution in [2.45, 2.75) is 31.1 Å². The lowest BCUT2D eigenvalue weighted by Gasteiger charge is -2.16. The molecule has 0 unspecified atom stereocenters. The van der Waals surface area contributed by atoms with E-state index in [1.807, 2.05) is 18.2 Å². The summed E-state index contributed by atoms with van der Waals surface area (Å²) in [5.74, 6) is -0.768. The van der Waals surface area contributed by atoms with Gasteiger partial charge in [-0.25, -0.2) is 0 Å². The first-order chi connectivity index (χ1) is 8.11. The molecule has 0 radical (unpaired) electrons. The fraction of sp³-hybridized carbons (Fsp3) is 0.385. The molecule has 3 rings (SSSR count). The standard InChI is InChI=1S/C13H13NO3/c15-11-6-8-9(2-1-3-10(8)14-11)13(4-5-13)7-12(16)17/h1-3H,4-7H2,(H,14,15)(H,16,17). The monoisotopic (exact) mass is 231 g/mol. The number of carboxylic acid groups (broad SMARTS) is 1. The van der Waals surface area contributed by atoms with Gasteiger partial charge in [0.05, 0.1) is 12.8 Å². The van der Waals surface area contributed by atoms with E-state index < -0.39 is 5.97 Å². The Morgan fingerprint density at radius 2 is 2.18 bits per heavy atom. The molecular formula is C13H13NO3. The van der Waals surface area contributed by atoms with Crippen molar-refractivity contribution < 1.29 is 14.7 Å². The van der Waals surface area contributed by atoms with Crippen molar-refractivity contribution in [2.24, 2.45) is 0 Å². The summed E-state index contributed by atoms with van der Waals surface area (Å²) in [7, 11) is 0. The number of carbonyl (C=O) groups is 2. The molecule has 0 bridgehead atoms. The number of aliphatic carboxylic acids is 1. The zero-order valence-electron chi connectivity index (χ0n) is 9.32. The Labute approximate surface area is 98.6 Å². The minimum Gasteiger partial charge on any atom is -0.481 e. The van der Waals surface area contributed by atoms with E-state index >= 15 is 0 Å². The number of carboxylic acids is 1. The van der Waals surface area contributed by atoms with Gasteiger partial charge in [0.2, 0.25) is 5.91 Å². The number of nitrogens with one attached hydrogen (secondary N) is 1. The number of hydrogen-bond acceptors (Lipinski definition) is 2. The van der Waals surface area contributed by atoms with Crippen LogP contribution in [0, 0.1) is 0 Å². The second kappa shape index (κ2) is 3.32. The predicted molar refractivity (Wildman–Crippen MR) is 61.9 cm³/mol. The smallest absolute Gasteiger partial charge is 0.304 e. The van der Waals surface area contributed by atoms with Gasteiger partial charge < -0.3 is 10.4 Å². The van der Waals surface area contributed by atoms with Crippen LogP contribution in [0.5, 0.6) is 0 Å². The molecule has 1 fully saturated rings. The van der Waals surface area contributed by atoms with Gasteiger partial charge in [0.15, 0.2) is 0 Å². The van der Waals surface area contributed by atoms with E-state index in [1.54, 1.807) is 0 Å². The van der Waals surface area contributed by atoms with E-state index in [1.165, 1.54) is 0 Å². The van der Waals surface area contributed by atoms with Crippen LogP contribution < -0.4 is 5.32 Å². The highest BCUT2D eigenvalue weighted by molar-refractivity contribution is 5.99. The van der Waals surface area contributed by atoms with Crippen molar-refractivity contribution in [3.63, 3.8) is 0 Å². The molecule has 2 N–H and O–H groups in total. The third kappa shape index (κ3) is 1.60. The fourth-order valence-electron chi connectivity index (χ4n) is 2.73. The molecule has 1 aromatic rings. The first-order valence-electron chi connectivity index (χ1n) is 5.75. The number of anilines is 1. The quantitative estimate of drug-likeness (QED) is 0.831. The van der Waals surface area contributed by atoms with Crippen LogP contribution in [0.3, 0.4) is 0 Å². The van der Waals surface area contributed by atoms with Crippen molar-refractivity contribution in [1.29, 1.82) is 0 Å². The van der Waals surface area contributed by atoms with Crippen LogP contribution >= 0.6 is 0 Å². The zero-order valence-corrected chi connectivity index (χ0v) is 9.32. The van der Waals surface area contributed by atoms with Crippen LogP contribution in [-0.4, -0.2) is 17.0 Å². The first kappa shape index (κ1) is 10.3. The lowest BCUT2D eigenvalue weighted by molar-refractivity contribution is -0.137. The molecule has 2 aliphatic rings. The minimum atomic E-state index is -0.766. The normalized spacial score (nSPS) is 19.6. The minimum absolute atomic E-state index is 0.00132. The summed E-state index contributed by atoms with van der Waals surface area (Å²) in [4.78, 5) is 22.3. The van der Waals surface area contributed by atoms with Crippen molar-refractivity contribution >= 4 is 17.6 Å². The first-order valence-corrected chi connectivity index (χ1v) is 5.75. The Balaban J connectivity index is 2.03. The van der Waals surface area contributed by atoms with Gasteiger partial charge in [-0.1, -0.05) is 12.1 Å². The van der Waals surface area contributed by atoms with Gasteiger partial charge in [0, 0.05) is 11.1 Å². The zero-order chi connectivity index (χ0) is 12.0. The average Bonchev–Trinajstić information content (AvgIpc) is 2.90. The molecule has 1 amide bonds. The lowest BCUT2D eigenvalue weighted by atomic mass is 9.87. The highest BCUT2D eigenvalue weighted by atomic mass is 16.4. The maximum absolute atomic E-state index is 11.4. The third-order valence-corrected chi connectivity index (χ3v) is 3.70. The molecule has 1 heterocycles. The van der Waals surface area contributed by atoms with Crippen molar-refractivity contribution in [1.82, 2.24) is 0 Å². The van der Waals surface area contributed by atoms with Crippen LogP contribution in [0.1, 0.15) is 30.4 Å². The van der Waals surface area contributed by atoms with E-state index in [0.29, 0.717) is 6.42 Å². The third-order valence-electron chi connectivity index (χ3n) is 3.70. The Bertz CT molecular complexity index is 517. The summed E-state index contributed by atoms with van der Waals surface area (Å²) in [5, 5.41) is 11.8. The van der Waals surface area contributed by atoms with Crippen molar-refractivity contribution in [3.05, 3.63) is 29.3 Å². The molecule has 1 aliphatic heterocycles. The Morgan fingerprint density at radius 1 is 1.41 bits per heavy atom. The van der Waals surface area contributed by atoms with Gasteiger partial charge in [-0.15, -0.1) is 0 Å². The largest absolute Gasteiger partial charge is 0.481 e. The number of carbonyl (C=O) groups excluding carboxylic acids is 1. The highest BCUT2D eigenvalue weighted by Gasteiger charge is 2.48. The molecule has 0 saturated heterocycles. The number of hydrogen-bond donors (Lipinski definition) is 2. The molecular weight excluding hydrogens is 218 g/mol. The number of benzene rings is 1. The summed E-state index contributed by atoms with van der Waals surface area (Å²) < 4.78 is 0. The van der Waals surface area contributed by atoms with Gasteiger partial charge in [-0.3, -0.25) is 9.59 Å². The van der Waals surface area contributed by atoms with Gasteiger partial charge in [-0.05, 0) is 30.0 Å². The van der Waals surface area contributed by atoms with Gasteiger partial charge in [0.25, 0.3) is 0 Å². The molecule has 1 saturated carbocycles. The molecule has 1 aromatic carbocycles. The van der Waals surface area contributed by atoms with Gasteiger partial charge in [-0.2, -0.15) is 0 Å². The Kier molecular flexibility index (Phi) is 2.02. The summed E-state index contributed by atoms with van der Waals surface area (Å²) in [5.41, 5.74) is 2.68.